The van der Waals surface area contributed by atoms with Crippen LogP contribution in [0.5, 0.6) is 0 Å². The molecule has 0 aliphatic carbocycles. The first-order chi connectivity index (χ1) is 14.5. The zero-order valence-electron chi connectivity index (χ0n) is 16.6. The Bertz CT molecular complexity index is 948. The van der Waals surface area contributed by atoms with Crippen molar-refractivity contribution in [2.45, 2.75) is 18.3 Å². The quantitative estimate of drug-likeness (QED) is 0.647. The monoisotopic (exact) mass is 461 g/mol. The average molecular weight is 461 g/mol. The molecule has 0 bridgehead atoms. The largest absolute Gasteiger partial charge is 0.438 e. The van der Waals surface area contributed by atoms with Crippen molar-refractivity contribution in [3.8, 4) is 0 Å². The summed E-state index contributed by atoms with van der Waals surface area (Å²) < 4.78 is 58.6. The Labute approximate surface area is 179 Å². The van der Waals surface area contributed by atoms with Crippen molar-refractivity contribution < 1.29 is 36.7 Å². The lowest BCUT2D eigenvalue weighted by Crippen LogP contribution is -2.50. The number of amides is 3. The van der Waals surface area contributed by atoms with Gasteiger partial charge < -0.3 is 20.3 Å². The number of carbonyl (C=O) groups is 3. The number of halogens is 4. The predicted molar refractivity (Wildman–Crippen MR) is 104 cm³/mol. The number of nitrogens with zero attached hydrogens (tertiary/aromatic N) is 1. The minimum absolute atomic E-state index is 0.187. The molecule has 0 saturated heterocycles. The molecule has 2 atom stereocenters. The molecule has 2 unspecified atom stereocenters. The first-order valence-corrected chi connectivity index (χ1v) is 9.64. The molecule has 0 aliphatic rings. The highest BCUT2D eigenvalue weighted by Gasteiger charge is 2.39. The number of hydrogen-bond donors (Lipinski definition) is 2. The third-order valence-corrected chi connectivity index (χ3v) is 5.00. The van der Waals surface area contributed by atoms with E-state index in [1.54, 1.807) is 17.5 Å². The molecular weight excluding hydrogens is 442 g/mol. The van der Waals surface area contributed by atoms with Crippen molar-refractivity contribution in [1.29, 1.82) is 0 Å². The van der Waals surface area contributed by atoms with E-state index in [0.29, 0.717) is 17.0 Å². The molecule has 1 heterocycles. The van der Waals surface area contributed by atoms with Crippen LogP contribution in [0.1, 0.15) is 26.9 Å². The zero-order valence-corrected chi connectivity index (χ0v) is 17.4. The molecule has 168 valence electrons. The third kappa shape index (κ3) is 5.94. The van der Waals surface area contributed by atoms with E-state index in [1.807, 2.05) is 0 Å². The van der Waals surface area contributed by atoms with Gasteiger partial charge in [0.25, 0.3) is 5.91 Å². The SMILES string of the molecule is CNC(=O)C(NC(=O)c1ccc(F)cc1C(F)(F)F)C(OC(=O)N(C)C)c1cccs1. The van der Waals surface area contributed by atoms with Crippen molar-refractivity contribution in [2.75, 3.05) is 21.1 Å². The van der Waals surface area contributed by atoms with Gasteiger partial charge in [-0.2, -0.15) is 13.2 Å². The summed E-state index contributed by atoms with van der Waals surface area (Å²) in [6.07, 6.45) is -7.17. The summed E-state index contributed by atoms with van der Waals surface area (Å²) in [4.78, 5) is 38.8. The fourth-order valence-corrected chi connectivity index (χ4v) is 3.35. The fourth-order valence-electron chi connectivity index (χ4n) is 2.56. The van der Waals surface area contributed by atoms with Crippen molar-refractivity contribution >= 4 is 29.2 Å². The van der Waals surface area contributed by atoms with Gasteiger partial charge in [-0.25, -0.2) is 9.18 Å². The van der Waals surface area contributed by atoms with Crippen molar-refractivity contribution in [3.63, 3.8) is 0 Å². The summed E-state index contributed by atoms with van der Waals surface area (Å²) in [5.41, 5.74) is -2.38. The minimum Gasteiger partial charge on any atom is -0.438 e. The zero-order chi connectivity index (χ0) is 23.3. The molecule has 0 aliphatic heterocycles. The van der Waals surface area contributed by atoms with Crippen LogP contribution in [0.15, 0.2) is 35.7 Å². The predicted octanol–water partition coefficient (Wildman–Crippen LogP) is 3.19. The summed E-state index contributed by atoms with van der Waals surface area (Å²) in [7, 11) is 4.05. The van der Waals surface area contributed by atoms with Crippen molar-refractivity contribution in [1.82, 2.24) is 15.5 Å². The smallest absolute Gasteiger partial charge is 0.417 e. The molecule has 0 fully saturated rings. The molecule has 3 amide bonds. The molecule has 0 saturated carbocycles. The summed E-state index contributed by atoms with van der Waals surface area (Å²) in [6.45, 7) is 0. The highest BCUT2D eigenvalue weighted by Crippen LogP contribution is 2.33. The number of nitrogens with one attached hydrogen (secondary N) is 2. The summed E-state index contributed by atoms with van der Waals surface area (Å²) in [5, 5.41) is 6.11. The Morgan fingerprint density at radius 2 is 1.84 bits per heavy atom. The van der Waals surface area contributed by atoms with Gasteiger partial charge in [-0.05, 0) is 29.6 Å². The van der Waals surface area contributed by atoms with Gasteiger partial charge in [-0.15, -0.1) is 11.3 Å². The molecule has 12 heteroatoms. The average Bonchev–Trinajstić information content (AvgIpc) is 3.23. The van der Waals surface area contributed by atoms with Crippen molar-refractivity contribution in [3.05, 3.63) is 57.5 Å². The maximum Gasteiger partial charge on any atom is 0.417 e. The topological polar surface area (TPSA) is 87.7 Å². The van der Waals surface area contributed by atoms with Crippen LogP contribution in [-0.4, -0.2) is 50.0 Å². The first-order valence-electron chi connectivity index (χ1n) is 8.76. The van der Waals surface area contributed by atoms with E-state index in [1.165, 1.54) is 21.1 Å². The van der Waals surface area contributed by atoms with E-state index in [2.05, 4.69) is 10.6 Å². The number of thiophene rings is 1. The van der Waals surface area contributed by atoms with Crippen LogP contribution in [0, 0.1) is 5.82 Å². The van der Waals surface area contributed by atoms with Crippen LogP contribution in [0.2, 0.25) is 0 Å². The lowest BCUT2D eigenvalue weighted by molar-refractivity contribution is -0.138. The van der Waals surface area contributed by atoms with Gasteiger partial charge in [0.1, 0.15) is 5.82 Å². The van der Waals surface area contributed by atoms with Gasteiger partial charge in [0.15, 0.2) is 12.1 Å². The van der Waals surface area contributed by atoms with E-state index in [9.17, 15) is 31.9 Å². The molecule has 0 radical (unpaired) electrons. The second-order valence-electron chi connectivity index (χ2n) is 6.47. The molecule has 2 rings (SSSR count). The fraction of sp³-hybridized carbons (Fsp3) is 0.316. The van der Waals surface area contributed by atoms with Gasteiger partial charge in [0.2, 0.25) is 5.91 Å². The number of carbonyl (C=O) groups excluding carboxylic acids is 3. The summed E-state index contributed by atoms with van der Waals surface area (Å²) in [5.74, 6) is -3.28. The van der Waals surface area contributed by atoms with Crippen LogP contribution in [-0.2, 0) is 15.7 Å². The summed E-state index contributed by atoms with van der Waals surface area (Å²) >= 11 is 1.12. The first kappa shape index (κ1) is 24.1. The van der Waals surface area contributed by atoms with Crippen LogP contribution in [0.4, 0.5) is 22.4 Å². The van der Waals surface area contributed by atoms with E-state index in [-0.39, 0.29) is 6.07 Å². The second-order valence-corrected chi connectivity index (χ2v) is 7.45. The lowest BCUT2D eigenvalue weighted by Gasteiger charge is -2.27. The molecule has 2 aromatic rings. The maximum atomic E-state index is 13.4. The van der Waals surface area contributed by atoms with Gasteiger partial charge in [0, 0.05) is 26.0 Å². The van der Waals surface area contributed by atoms with Crippen LogP contribution in [0.3, 0.4) is 0 Å². The number of alkyl halides is 3. The molecule has 31 heavy (non-hydrogen) atoms. The van der Waals surface area contributed by atoms with E-state index in [4.69, 9.17) is 4.74 Å². The van der Waals surface area contributed by atoms with Crippen LogP contribution in [0.25, 0.3) is 0 Å². The van der Waals surface area contributed by atoms with Crippen LogP contribution < -0.4 is 10.6 Å². The number of ether oxygens (including phenoxy) is 1. The highest BCUT2D eigenvalue weighted by atomic mass is 32.1. The molecule has 2 N–H and O–H groups in total. The molecule has 1 aromatic carbocycles. The standard InChI is InChI=1S/C19H19F4N3O4S/c1-24-17(28)14(15(13-5-4-8-31-13)30-18(29)26(2)3)25-16(27)11-7-6-10(20)9-12(11)19(21,22)23/h4-9,14-15H,1-3H3,(H,24,28)(H,25,27). The number of hydrogen-bond acceptors (Lipinski definition) is 5. The number of likely N-dealkylation sites (N-methyl/N-ethyl adjacent to an activating group) is 1. The number of benzene rings is 1. The molecule has 7 nitrogen and oxygen atoms in total. The lowest BCUT2D eigenvalue weighted by atomic mass is 10.0. The van der Waals surface area contributed by atoms with E-state index in [0.717, 1.165) is 16.2 Å². The Morgan fingerprint density at radius 1 is 1.16 bits per heavy atom. The van der Waals surface area contributed by atoms with Gasteiger partial charge >= 0.3 is 12.3 Å². The van der Waals surface area contributed by atoms with Gasteiger partial charge in [0.05, 0.1) is 11.1 Å². The molecule has 1 aromatic heterocycles. The van der Waals surface area contributed by atoms with Gasteiger partial charge in [-0.1, -0.05) is 6.07 Å². The highest BCUT2D eigenvalue weighted by molar-refractivity contribution is 7.10. The number of rotatable bonds is 6. The summed E-state index contributed by atoms with van der Waals surface area (Å²) in [6, 6.07) is 3.14. The second kappa shape index (κ2) is 9.77. The van der Waals surface area contributed by atoms with E-state index < -0.39 is 53.2 Å². The third-order valence-electron chi connectivity index (χ3n) is 4.07. The Kier molecular flexibility index (Phi) is 7.60. The molecule has 0 spiro atoms. The Hall–Kier alpha value is -3.15. The van der Waals surface area contributed by atoms with Crippen molar-refractivity contribution in [2.24, 2.45) is 0 Å². The molecular formula is C19H19F4N3O4S. The van der Waals surface area contributed by atoms with Gasteiger partial charge in [-0.3, -0.25) is 9.59 Å². The van der Waals surface area contributed by atoms with Crippen LogP contribution >= 0.6 is 11.3 Å². The normalized spacial score (nSPS) is 13.1. The minimum atomic E-state index is -5.01. The Balaban J connectivity index is 2.46. The Morgan fingerprint density at radius 3 is 2.35 bits per heavy atom. The maximum absolute atomic E-state index is 13.4. The van der Waals surface area contributed by atoms with E-state index >= 15 is 0 Å².